The van der Waals surface area contributed by atoms with Crippen LogP contribution in [0.5, 0.6) is 11.5 Å². The van der Waals surface area contributed by atoms with E-state index in [1.54, 1.807) is 50.6 Å². The topological polar surface area (TPSA) is 96.6 Å². The summed E-state index contributed by atoms with van der Waals surface area (Å²) < 4.78 is 62.9. The number of rotatable bonds is 8. The second-order valence-corrected chi connectivity index (χ2v) is 15.0. The molecule has 0 radical (unpaired) electrons. The lowest BCUT2D eigenvalue weighted by Crippen LogP contribution is -2.08. The first kappa shape index (κ1) is 29.4. The van der Waals surface area contributed by atoms with E-state index in [2.05, 4.69) is 0 Å². The van der Waals surface area contributed by atoms with E-state index in [0.717, 1.165) is 32.4 Å². The van der Waals surface area contributed by atoms with Gasteiger partial charge in [-0.15, -0.1) is 22.7 Å². The third-order valence-electron chi connectivity index (χ3n) is 6.13. The van der Waals surface area contributed by atoms with Crippen molar-refractivity contribution in [2.75, 3.05) is 14.2 Å². The summed E-state index contributed by atoms with van der Waals surface area (Å²) in [5.74, 6) is 1.55. The summed E-state index contributed by atoms with van der Waals surface area (Å²) in [6.45, 7) is 0. The molecule has 0 aliphatic carbocycles. The largest absolute Gasteiger partial charge is 0.497 e. The molecule has 12 heteroatoms. The van der Waals surface area contributed by atoms with Gasteiger partial charge >= 0.3 is 0 Å². The van der Waals surface area contributed by atoms with Crippen molar-refractivity contribution in [2.45, 2.75) is 8.42 Å². The van der Waals surface area contributed by atoms with Gasteiger partial charge in [-0.25, -0.2) is 7.94 Å². The van der Waals surface area contributed by atoms with Crippen molar-refractivity contribution >= 4 is 42.7 Å². The van der Waals surface area contributed by atoms with Crippen LogP contribution in [0.4, 0.5) is 0 Å². The molecule has 42 heavy (non-hydrogen) atoms. The van der Waals surface area contributed by atoms with Crippen molar-refractivity contribution in [3.05, 3.63) is 122 Å². The molecule has 2 aromatic carbocycles. The Morgan fingerprint density at radius 1 is 0.500 bits per heavy atom. The molecule has 0 N–H and O–H groups in total. The fourth-order valence-electron chi connectivity index (χ4n) is 3.90. The van der Waals surface area contributed by atoms with Gasteiger partial charge in [0.1, 0.15) is 19.9 Å². The molecular weight excluding hydrogens is 613 g/mol. The lowest BCUT2D eigenvalue weighted by Gasteiger charge is -2.02. The van der Waals surface area contributed by atoms with Crippen LogP contribution < -0.4 is 9.47 Å². The van der Waals surface area contributed by atoms with Gasteiger partial charge in [0.15, 0.2) is 0 Å². The standard InChI is InChI=1S/2C15H13NO3S2/c2*1-19-13-6-4-12(5-7-13)14-8-9-15(20-14)21(17,18)16-10-2-3-11-16/h2*2-11H,1H3. The second kappa shape index (κ2) is 12.4. The minimum atomic E-state index is -3.49. The molecule has 0 bridgehead atoms. The Morgan fingerprint density at radius 3 is 1.14 bits per heavy atom. The van der Waals surface area contributed by atoms with Crippen molar-refractivity contribution in [3.8, 4) is 32.4 Å². The zero-order valence-corrected chi connectivity index (χ0v) is 25.8. The van der Waals surface area contributed by atoms with Crippen LogP contribution in [-0.4, -0.2) is 39.0 Å². The number of hydrogen-bond donors (Lipinski definition) is 0. The average molecular weight is 639 g/mol. The summed E-state index contributed by atoms with van der Waals surface area (Å²) in [5, 5.41) is 0. The van der Waals surface area contributed by atoms with Crippen LogP contribution in [0.1, 0.15) is 0 Å². The molecule has 8 nitrogen and oxygen atoms in total. The van der Waals surface area contributed by atoms with E-state index in [1.165, 1.54) is 55.4 Å². The van der Waals surface area contributed by atoms with E-state index in [0.29, 0.717) is 8.42 Å². The Labute approximate surface area is 252 Å². The fourth-order valence-corrected chi connectivity index (χ4v) is 9.11. The molecule has 6 rings (SSSR count). The summed E-state index contributed by atoms with van der Waals surface area (Å²) in [5.41, 5.74) is 1.93. The van der Waals surface area contributed by atoms with Gasteiger partial charge in [0, 0.05) is 34.5 Å². The average Bonchev–Trinajstić information content (AvgIpc) is 3.85. The zero-order valence-electron chi connectivity index (χ0n) is 22.5. The highest BCUT2D eigenvalue weighted by Crippen LogP contribution is 2.34. The normalized spacial score (nSPS) is 11.5. The van der Waals surface area contributed by atoms with Gasteiger partial charge in [-0.05, 0) is 108 Å². The molecule has 0 fully saturated rings. The van der Waals surface area contributed by atoms with Crippen LogP contribution in [-0.2, 0) is 20.0 Å². The van der Waals surface area contributed by atoms with Gasteiger partial charge in [0.05, 0.1) is 14.2 Å². The van der Waals surface area contributed by atoms with Crippen LogP contribution in [0.25, 0.3) is 20.9 Å². The Morgan fingerprint density at radius 2 is 0.833 bits per heavy atom. The molecule has 4 heterocycles. The molecular formula is C30H26N2O6S4. The Balaban J connectivity index is 0.000000168. The second-order valence-electron chi connectivity index (χ2n) is 8.73. The maximum atomic E-state index is 12.4. The number of nitrogens with zero attached hydrogens (tertiary/aromatic N) is 2. The van der Waals surface area contributed by atoms with E-state index >= 15 is 0 Å². The lowest BCUT2D eigenvalue weighted by molar-refractivity contribution is 0.415. The zero-order chi connectivity index (χ0) is 29.7. The first-order valence-electron chi connectivity index (χ1n) is 12.5. The lowest BCUT2D eigenvalue weighted by atomic mass is 10.2. The molecule has 0 aliphatic rings. The predicted molar refractivity (Wildman–Crippen MR) is 167 cm³/mol. The quantitative estimate of drug-likeness (QED) is 0.180. The molecule has 4 aromatic heterocycles. The Hall–Kier alpha value is -4.10. The summed E-state index contributed by atoms with van der Waals surface area (Å²) in [6.07, 6.45) is 6.12. The van der Waals surface area contributed by atoms with Crippen LogP contribution >= 0.6 is 22.7 Å². The molecule has 6 aromatic rings. The van der Waals surface area contributed by atoms with Gasteiger partial charge in [-0.3, -0.25) is 0 Å². The van der Waals surface area contributed by atoms with Gasteiger partial charge in [0.2, 0.25) is 0 Å². The van der Waals surface area contributed by atoms with E-state index in [9.17, 15) is 16.8 Å². The summed E-state index contributed by atoms with van der Waals surface area (Å²) in [4.78, 5) is 1.81. The predicted octanol–water partition coefficient (Wildman–Crippen LogP) is 6.92. The van der Waals surface area contributed by atoms with Crippen molar-refractivity contribution < 1.29 is 26.3 Å². The van der Waals surface area contributed by atoms with Crippen LogP contribution in [0.15, 0.2) is 130 Å². The minimum Gasteiger partial charge on any atom is -0.497 e. The molecule has 0 saturated heterocycles. The third kappa shape index (κ3) is 6.21. The number of methoxy groups -OCH3 is 2. The molecule has 216 valence electrons. The molecule has 0 saturated carbocycles. The monoisotopic (exact) mass is 638 g/mol. The molecule has 0 atom stereocenters. The van der Waals surface area contributed by atoms with Crippen molar-refractivity contribution in [2.24, 2.45) is 0 Å². The first-order chi connectivity index (χ1) is 20.2. The molecule has 0 amide bonds. The van der Waals surface area contributed by atoms with Gasteiger partial charge < -0.3 is 9.47 Å². The van der Waals surface area contributed by atoms with Crippen molar-refractivity contribution in [1.29, 1.82) is 0 Å². The maximum absolute atomic E-state index is 12.4. The summed E-state index contributed by atoms with van der Waals surface area (Å²) in [6, 6.07) is 28.8. The number of benzene rings is 2. The smallest absolute Gasteiger partial charge is 0.277 e. The molecule has 0 unspecified atom stereocenters. The number of hydrogen-bond acceptors (Lipinski definition) is 8. The Kier molecular flexibility index (Phi) is 8.69. The van der Waals surface area contributed by atoms with Crippen LogP contribution in [0.3, 0.4) is 0 Å². The fraction of sp³-hybridized carbons (Fsp3) is 0.0667. The van der Waals surface area contributed by atoms with E-state index in [1.807, 2.05) is 60.7 Å². The number of ether oxygens (including phenoxy) is 2. The number of aromatic nitrogens is 2. The maximum Gasteiger partial charge on any atom is 0.277 e. The van der Waals surface area contributed by atoms with E-state index < -0.39 is 20.0 Å². The highest BCUT2D eigenvalue weighted by molar-refractivity contribution is 7.92. The van der Waals surface area contributed by atoms with Gasteiger partial charge in [-0.2, -0.15) is 16.8 Å². The minimum absolute atomic E-state index is 0.324. The third-order valence-corrected chi connectivity index (χ3v) is 12.6. The number of thiophene rings is 2. The van der Waals surface area contributed by atoms with Crippen molar-refractivity contribution in [3.63, 3.8) is 0 Å². The first-order valence-corrected chi connectivity index (χ1v) is 17.0. The highest BCUT2D eigenvalue weighted by atomic mass is 32.3. The van der Waals surface area contributed by atoms with E-state index in [4.69, 9.17) is 9.47 Å². The van der Waals surface area contributed by atoms with E-state index in [-0.39, 0.29) is 0 Å². The van der Waals surface area contributed by atoms with Crippen LogP contribution in [0.2, 0.25) is 0 Å². The molecule has 0 aliphatic heterocycles. The SMILES string of the molecule is COc1ccc(-c2ccc(S(=O)(=O)n3cccc3)s2)cc1.COc1ccc(-c2ccc(S(=O)(=O)n3cccc3)s2)cc1. The summed E-state index contributed by atoms with van der Waals surface area (Å²) in [7, 11) is -3.74. The van der Waals surface area contributed by atoms with Crippen LogP contribution in [0, 0.1) is 0 Å². The van der Waals surface area contributed by atoms with Crippen molar-refractivity contribution in [1.82, 2.24) is 7.94 Å². The summed E-state index contributed by atoms with van der Waals surface area (Å²) >= 11 is 2.51. The molecule has 0 spiro atoms. The van der Waals surface area contributed by atoms with Gasteiger partial charge in [-0.1, -0.05) is 0 Å². The van der Waals surface area contributed by atoms with Gasteiger partial charge in [0.25, 0.3) is 20.0 Å². The highest BCUT2D eigenvalue weighted by Gasteiger charge is 2.20. The Bertz CT molecular complexity index is 1810.